The van der Waals surface area contributed by atoms with Gasteiger partial charge in [0.2, 0.25) is 0 Å². The van der Waals surface area contributed by atoms with Crippen molar-refractivity contribution in [2.75, 3.05) is 19.7 Å². The van der Waals surface area contributed by atoms with Gasteiger partial charge in [0, 0.05) is 37.7 Å². The van der Waals surface area contributed by atoms with E-state index in [9.17, 15) is 5.11 Å². The molecule has 0 radical (unpaired) electrons. The summed E-state index contributed by atoms with van der Waals surface area (Å²) in [7, 11) is 0. The van der Waals surface area contributed by atoms with Crippen molar-refractivity contribution < 1.29 is 10.2 Å². The molecule has 1 fully saturated rings. The molecule has 0 saturated carbocycles. The van der Waals surface area contributed by atoms with Crippen LogP contribution in [0.2, 0.25) is 0 Å². The zero-order chi connectivity index (χ0) is 10.7. The molecule has 0 aromatic rings. The lowest BCUT2D eigenvalue weighted by Crippen LogP contribution is -2.52. The molecular formula is C10H22N2O2. The molecule has 0 aromatic heterocycles. The van der Waals surface area contributed by atoms with Crippen LogP contribution in [0.3, 0.4) is 0 Å². The molecule has 0 amide bonds. The van der Waals surface area contributed by atoms with Crippen molar-refractivity contribution in [2.24, 2.45) is 11.7 Å². The van der Waals surface area contributed by atoms with Gasteiger partial charge in [-0.3, -0.25) is 4.90 Å². The Labute approximate surface area is 85.7 Å². The topological polar surface area (TPSA) is 69.7 Å². The van der Waals surface area contributed by atoms with Crippen molar-refractivity contribution in [3.63, 3.8) is 0 Å². The Balaban J connectivity index is 2.49. The summed E-state index contributed by atoms with van der Waals surface area (Å²) >= 11 is 0. The summed E-state index contributed by atoms with van der Waals surface area (Å²) in [5.74, 6) is -0.00931. The van der Waals surface area contributed by atoms with Crippen molar-refractivity contribution in [3.05, 3.63) is 0 Å². The smallest absolute Gasteiger partial charge is 0.0614 e. The fraction of sp³-hybridized carbons (Fsp3) is 1.00. The van der Waals surface area contributed by atoms with Crippen LogP contribution in [0.4, 0.5) is 0 Å². The van der Waals surface area contributed by atoms with Crippen LogP contribution in [0.15, 0.2) is 0 Å². The number of rotatable bonds is 3. The molecule has 84 valence electrons. The highest BCUT2D eigenvalue weighted by molar-refractivity contribution is 4.84. The Morgan fingerprint density at radius 3 is 2.64 bits per heavy atom. The lowest BCUT2D eigenvalue weighted by molar-refractivity contribution is -0.0135. The van der Waals surface area contributed by atoms with Crippen LogP contribution in [-0.4, -0.2) is 53.0 Å². The molecule has 4 N–H and O–H groups in total. The monoisotopic (exact) mass is 202 g/mol. The summed E-state index contributed by atoms with van der Waals surface area (Å²) in [4.78, 5) is 2.25. The van der Waals surface area contributed by atoms with Crippen LogP contribution in [0.25, 0.3) is 0 Å². The van der Waals surface area contributed by atoms with Crippen molar-refractivity contribution in [1.29, 1.82) is 0 Å². The second-order valence-electron chi connectivity index (χ2n) is 4.39. The predicted molar refractivity (Wildman–Crippen MR) is 55.9 cm³/mol. The van der Waals surface area contributed by atoms with E-state index in [1.807, 2.05) is 6.92 Å². The maximum Gasteiger partial charge on any atom is 0.0614 e. The summed E-state index contributed by atoms with van der Waals surface area (Å²) in [5, 5.41) is 18.7. The standard InChI is InChI=1S/C10H22N2O2/c1-7(11)8(2)12-4-3-10(14)9(5-12)6-13/h7-10,13-14H,3-6,11H2,1-2H3. The van der Waals surface area contributed by atoms with E-state index in [0.717, 1.165) is 19.5 Å². The highest BCUT2D eigenvalue weighted by Crippen LogP contribution is 2.19. The predicted octanol–water partition coefficient (Wildman–Crippen LogP) is -0.603. The first-order valence-corrected chi connectivity index (χ1v) is 5.34. The Kier molecular flexibility index (Phi) is 4.31. The number of piperidine rings is 1. The first-order valence-electron chi connectivity index (χ1n) is 5.34. The van der Waals surface area contributed by atoms with Crippen LogP contribution >= 0.6 is 0 Å². The summed E-state index contributed by atoms with van der Waals surface area (Å²) in [5.41, 5.74) is 5.82. The number of aliphatic hydroxyl groups excluding tert-OH is 2. The van der Waals surface area contributed by atoms with E-state index in [0.29, 0.717) is 6.04 Å². The van der Waals surface area contributed by atoms with Crippen molar-refractivity contribution >= 4 is 0 Å². The average Bonchev–Trinajstić information content (AvgIpc) is 2.17. The molecular weight excluding hydrogens is 180 g/mol. The minimum Gasteiger partial charge on any atom is -0.396 e. The number of nitrogens with two attached hydrogens (primary N) is 1. The second-order valence-corrected chi connectivity index (χ2v) is 4.39. The molecule has 0 aromatic carbocycles. The highest BCUT2D eigenvalue weighted by atomic mass is 16.3. The molecule has 4 heteroatoms. The molecule has 0 spiro atoms. The SMILES string of the molecule is CC(N)C(C)N1CCC(O)C(CO)C1. The van der Waals surface area contributed by atoms with E-state index in [1.165, 1.54) is 0 Å². The van der Waals surface area contributed by atoms with Gasteiger partial charge in [0.25, 0.3) is 0 Å². The van der Waals surface area contributed by atoms with Crippen molar-refractivity contribution in [1.82, 2.24) is 4.90 Å². The average molecular weight is 202 g/mol. The van der Waals surface area contributed by atoms with Gasteiger partial charge in [-0.25, -0.2) is 0 Å². The third-order valence-electron chi connectivity index (χ3n) is 3.30. The molecule has 1 aliphatic heterocycles. The molecule has 1 heterocycles. The summed E-state index contributed by atoms with van der Waals surface area (Å²) < 4.78 is 0. The zero-order valence-electron chi connectivity index (χ0n) is 9.06. The number of hydrogen-bond donors (Lipinski definition) is 3. The highest BCUT2D eigenvalue weighted by Gasteiger charge is 2.30. The normalized spacial score (nSPS) is 34.1. The van der Waals surface area contributed by atoms with Gasteiger partial charge in [0.05, 0.1) is 6.10 Å². The van der Waals surface area contributed by atoms with Gasteiger partial charge in [-0.15, -0.1) is 0 Å². The molecule has 0 bridgehead atoms. The van der Waals surface area contributed by atoms with Gasteiger partial charge in [-0.2, -0.15) is 0 Å². The van der Waals surface area contributed by atoms with Crippen LogP contribution in [0, 0.1) is 5.92 Å². The van der Waals surface area contributed by atoms with Gasteiger partial charge >= 0.3 is 0 Å². The van der Waals surface area contributed by atoms with Gasteiger partial charge in [-0.05, 0) is 20.3 Å². The first kappa shape index (κ1) is 11.9. The molecule has 4 unspecified atom stereocenters. The van der Waals surface area contributed by atoms with Crippen LogP contribution in [-0.2, 0) is 0 Å². The largest absolute Gasteiger partial charge is 0.396 e. The van der Waals surface area contributed by atoms with E-state index in [-0.39, 0.29) is 24.7 Å². The van der Waals surface area contributed by atoms with E-state index >= 15 is 0 Å². The van der Waals surface area contributed by atoms with E-state index in [4.69, 9.17) is 10.8 Å². The van der Waals surface area contributed by atoms with E-state index in [1.54, 1.807) is 0 Å². The fourth-order valence-corrected chi connectivity index (χ4v) is 1.93. The fourth-order valence-electron chi connectivity index (χ4n) is 1.93. The van der Waals surface area contributed by atoms with Gasteiger partial charge in [0.15, 0.2) is 0 Å². The van der Waals surface area contributed by atoms with Crippen LogP contribution in [0.1, 0.15) is 20.3 Å². The van der Waals surface area contributed by atoms with Crippen LogP contribution in [0.5, 0.6) is 0 Å². The summed E-state index contributed by atoms with van der Waals surface area (Å²) in [6.45, 7) is 5.77. The molecule has 4 atom stereocenters. The molecule has 1 saturated heterocycles. The first-order chi connectivity index (χ1) is 6.56. The molecule has 1 aliphatic rings. The number of likely N-dealkylation sites (tertiary alicyclic amines) is 1. The number of aliphatic hydroxyl groups is 2. The third-order valence-corrected chi connectivity index (χ3v) is 3.30. The second kappa shape index (κ2) is 5.07. The Hall–Kier alpha value is -0.160. The minimum absolute atomic E-state index is 0.00931. The lowest BCUT2D eigenvalue weighted by Gasteiger charge is -2.40. The number of hydrogen-bond acceptors (Lipinski definition) is 4. The lowest BCUT2D eigenvalue weighted by atomic mass is 9.93. The quantitative estimate of drug-likeness (QED) is 0.571. The van der Waals surface area contributed by atoms with Gasteiger partial charge < -0.3 is 15.9 Å². The minimum atomic E-state index is -0.350. The maximum atomic E-state index is 9.59. The van der Waals surface area contributed by atoms with Crippen LogP contribution < -0.4 is 5.73 Å². The molecule has 4 nitrogen and oxygen atoms in total. The Morgan fingerprint density at radius 2 is 2.14 bits per heavy atom. The molecule has 14 heavy (non-hydrogen) atoms. The Bertz CT molecular complexity index is 176. The third kappa shape index (κ3) is 2.67. The molecule has 1 rings (SSSR count). The number of nitrogens with zero attached hydrogens (tertiary/aromatic N) is 1. The van der Waals surface area contributed by atoms with Gasteiger partial charge in [0.1, 0.15) is 0 Å². The molecule has 0 aliphatic carbocycles. The van der Waals surface area contributed by atoms with Gasteiger partial charge in [-0.1, -0.05) is 0 Å². The zero-order valence-corrected chi connectivity index (χ0v) is 9.06. The summed E-state index contributed by atoms with van der Waals surface area (Å²) in [6.07, 6.45) is 0.388. The Morgan fingerprint density at radius 1 is 1.50 bits per heavy atom. The maximum absolute atomic E-state index is 9.59. The van der Waals surface area contributed by atoms with Crippen molar-refractivity contribution in [2.45, 2.75) is 38.5 Å². The summed E-state index contributed by atoms with van der Waals surface area (Å²) in [6, 6.07) is 0.445. The van der Waals surface area contributed by atoms with E-state index < -0.39 is 0 Å². The van der Waals surface area contributed by atoms with Crippen molar-refractivity contribution in [3.8, 4) is 0 Å². The van der Waals surface area contributed by atoms with E-state index in [2.05, 4.69) is 11.8 Å².